The zero-order valence-electron chi connectivity index (χ0n) is 17.2. The lowest BCUT2D eigenvalue weighted by Gasteiger charge is -2.15. The third-order valence-corrected chi connectivity index (χ3v) is 5.60. The van der Waals surface area contributed by atoms with Crippen LogP contribution in [0.25, 0.3) is 6.08 Å². The van der Waals surface area contributed by atoms with Crippen LogP contribution in [0.3, 0.4) is 0 Å². The third kappa shape index (κ3) is 5.18. The first-order chi connectivity index (χ1) is 14.4. The maximum atomic E-state index is 12.5. The van der Waals surface area contributed by atoms with Gasteiger partial charge in [-0.25, -0.2) is 0 Å². The molecular formula is C23H24ClNO4S. The topological polar surface area (TPSA) is 55.8 Å². The summed E-state index contributed by atoms with van der Waals surface area (Å²) in [6.07, 6.45) is 2.39. The summed E-state index contributed by atoms with van der Waals surface area (Å²) in [5.74, 6) is 0.675. The number of ether oxygens (including phenoxy) is 2. The highest BCUT2D eigenvalue weighted by molar-refractivity contribution is 8.18. The van der Waals surface area contributed by atoms with Gasteiger partial charge in [-0.2, -0.15) is 0 Å². The summed E-state index contributed by atoms with van der Waals surface area (Å²) in [5, 5.41) is 0.134. The maximum absolute atomic E-state index is 12.5. The monoisotopic (exact) mass is 445 g/mol. The molecule has 0 saturated carbocycles. The van der Waals surface area contributed by atoms with Gasteiger partial charge in [0.2, 0.25) is 0 Å². The van der Waals surface area contributed by atoms with Gasteiger partial charge in [0, 0.05) is 6.54 Å². The van der Waals surface area contributed by atoms with E-state index in [1.165, 1.54) is 4.90 Å². The van der Waals surface area contributed by atoms with Gasteiger partial charge in [-0.05, 0) is 61.4 Å². The number of thioether (sulfide) groups is 1. The minimum absolute atomic E-state index is 0.248. The van der Waals surface area contributed by atoms with Crippen molar-refractivity contribution in [3.63, 3.8) is 0 Å². The summed E-state index contributed by atoms with van der Waals surface area (Å²) in [6.45, 7) is 7.04. The van der Waals surface area contributed by atoms with Crippen molar-refractivity contribution in [3.05, 3.63) is 63.0 Å². The molecule has 1 fully saturated rings. The molecule has 2 aromatic carbocycles. The van der Waals surface area contributed by atoms with Crippen molar-refractivity contribution < 1.29 is 19.1 Å². The number of hydrogen-bond acceptors (Lipinski definition) is 5. The molecule has 1 aliphatic heterocycles. The van der Waals surface area contributed by atoms with Crippen LogP contribution in [0, 0.1) is 6.92 Å². The summed E-state index contributed by atoms with van der Waals surface area (Å²) in [7, 11) is 0. The highest BCUT2D eigenvalue weighted by Gasteiger charge is 2.34. The van der Waals surface area contributed by atoms with E-state index < -0.39 is 0 Å². The summed E-state index contributed by atoms with van der Waals surface area (Å²) in [6, 6.07) is 11.5. The molecule has 3 rings (SSSR count). The Balaban J connectivity index is 1.86. The van der Waals surface area contributed by atoms with Crippen molar-refractivity contribution in [2.75, 3.05) is 13.2 Å². The van der Waals surface area contributed by atoms with Gasteiger partial charge in [0.15, 0.2) is 11.5 Å². The average Bonchev–Trinajstić information content (AvgIpc) is 2.95. The Bertz CT molecular complexity index is 989. The fraction of sp³-hybridized carbons (Fsp3) is 0.304. The van der Waals surface area contributed by atoms with Crippen LogP contribution in [0.5, 0.6) is 11.5 Å². The number of carbonyl (C=O) groups is 2. The Morgan fingerprint density at radius 3 is 2.63 bits per heavy atom. The molecule has 1 saturated heterocycles. The van der Waals surface area contributed by atoms with Gasteiger partial charge in [-0.1, -0.05) is 48.4 Å². The van der Waals surface area contributed by atoms with Gasteiger partial charge >= 0.3 is 0 Å². The van der Waals surface area contributed by atoms with Gasteiger partial charge in [0.25, 0.3) is 11.1 Å². The SMILES string of the molecule is CCCN1C(=O)S/C(=C/c2cc(Cl)c(OCc3cccc(C)c3)c(OCC)c2)C1=O. The minimum Gasteiger partial charge on any atom is -0.490 e. The molecule has 1 heterocycles. The number of hydrogen-bond donors (Lipinski definition) is 0. The summed E-state index contributed by atoms with van der Waals surface area (Å²) >= 11 is 7.43. The predicted octanol–water partition coefficient (Wildman–Crippen LogP) is 6.07. The average molecular weight is 446 g/mol. The molecule has 0 aliphatic carbocycles. The van der Waals surface area contributed by atoms with Crippen molar-refractivity contribution in [2.24, 2.45) is 0 Å². The number of benzene rings is 2. The fourth-order valence-corrected chi connectivity index (χ4v) is 4.24. The quantitative estimate of drug-likeness (QED) is 0.461. The lowest BCUT2D eigenvalue weighted by molar-refractivity contribution is -0.122. The number of nitrogens with zero attached hydrogens (tertiary/aromatic N) is 1. The van der Waals surface area contributed by atoms with Gasteiger partial charge in [-0.3, -0.25) is 14.5 Å². The first-order valence-corrected chi connectivity index (χ1v) is 11.0. The van der Waals surface area contributed by atoms with Crippen molar-refractivity contribution >= 4 is 40.6 Å². The lowest BCUT2D eigenvalue weighted by atomic mass is 10.1. The van der Waals surface area contributed by atoms with Gasteiger partial charge in [0.05, 0.1) is 16.5 Å². The molecule has 2 amide bonds. The Morgan fingerprint density at radius 2 is 1.93 bits per heavy atom. The molecule has 0 unspecified atom stereocenters. The number of amides is 2. The zero-order valence-corrected chi connectivity index (χ0v) is 18.8. The first-order valence-electron chi connectivity index (χ1n) is 9.83. The Kier molecular flexibility index (Phi) is 7.45. The zero-order chi connectivity index (χ0) is 21.7. The molecule has 2 aromatic rings. The molecule has 0 atom stereocenters. The smallest absolute Gasteiger partial charge is 0.293 e. The fourth-order valence-electron chi connectivity index (χ4n) is 3.10. The summed E-state index contributed by atoms with van der Waals surface area (Å²) < 4.78 is 11.7. The van der Waals surface area contributed by atoms with E-state index in [4.69, 9.17) is 21.1 Å². The van der Waals surface area contributed by atoms with Crippen molar-refractivity contribution in [1.82, 2.24) is 4.90 Å². The van der Waals surface area contributed by atoms with Crippen molar-refractivity contribution in [3.8, 4) is 11.5 Å². The molecule has 158 valence electrons. The Morgan fingerprint density at radius 1 is 1.13 bits per heavy atom. The van der Waals surface area contributed by atoms with Crippen LogP contribution in [0.4, 0.5) is 4.79 Å². The number of carbonyl (C=O) groups excluding carboxylic acids is 2. The highest BCUT2D eigenvalue weighted by Crippen LogP contribution is 2.39. The van der Waals surface area contributed by atoms with Crippen molar-refractivity contribution in [1.29, 1.82) is 0 Å². The number of aryl methyl sites for hydroxylation is 1. The second kappa shape index (κ2) is 10.0. The lowest BCUT2D eigenvalue weighted by Crippen LogP contribution is -2.28. The largest absolute Gasteiger partial charge is 0.490 e. The molecule has 0 bridgehead atoms. The van der Waals surface area contributed by atoms with E-state index in [1.807, 2.05) is 39.0 Å². The highest BCUT2D eigenvalue weighted by atomic mass is 35.5. The Labute approximate surface area is 186 Å². The Hall–Kier alpha value is -2.44. The van der Waals surface area contributed by atoms with E-state index in [-0.39, 0.29) is 11.1 Å². The molecule has 0 aromatic heterocycles. The molecular weight excluding hydrogens is 422 g/mol. The van der Waals surface area contributed by atoms with Gasteiger partial charge in [0.1, 0.15) is 6.61 Å². The van der Waals surface area contributed by atoms with Crippen LogP contribution in [0.15, 0.2) is 41.3 Å². The van der Waals surface area contributed by atoms with Crippen LogP contribution in [-0.4, -0.2) is 29.2 Å². The molecule has 0 radical (unpaired) electrons. The molecule has 0 spiro atoms. The standard InChI is InChI=1S/C23H24ClNO4S/c1-4-9-25-22(26)20(30-23(25)27)13-17-11-18(24)21(19(12-17)28-5-2)29-14-16-8-6-7-15(3)10-16/h6-8,10-13H,4-5,9,14H2,1-3H3/b20-13+. The maximum Gasteiger partial charge on any atom is 0.293 e. The predicted molar refractivity (Wildman–Crippen MR) is 121 cm³/mol. The molecule has 30 heavy (non-hydrogen) atoms. The third-order valence-electron chi connectivity index (χ3n) is 4.42. The van der Waals surface area contributed by atoms with E-state index in [2.05, 4.69) is 6.07 Å². The van der Waals surface area contributed by atoms with E-state index in [9.17, 15) is 9.59 Å². The summed E-state index contributed by atoms with van der Waals surface area (Å²) in [4.78, 5) is 26.2. The van der Waals surface area contributed by atoms with Crippen LogP contribution in [0.1, 0.15) is 37.0 Å². The van der Waals surface area contributed by atoms with E-state index in [1.54, 1.807) is 18.2 Å². The van der Waals surface area contributed by atoms with E-state index >= 15 is 0 Å². The second-order valence-electron chi connectivity index (χ2n) is 6.87. The minimum atomic E-state index is -0.277. The summed E-state index contributed by atoms with van der Waals surface area (Å²) in [5.41, 5.74) is 2.86. The molecule has 0 N–H and O–H groups in total. The van der Waals surface area contributed by atoms with E-state index in [0.717, 1.165) is 29.3 Å². The van der Waals surface area contributed by atoms with Crippen LogP contribution < -0.4 is 9.47 Å². The normalized spacial score (nSPS) is 15.2. The molecule has 5 nitrogen and oxygen atoms in total. The van der Waals surface area contributed by atoms with Gasteiger partial charge in [-0.15, -0.1) is 0 Å². The van der Waals surface area contributed by atoms with Gasteiger partial charge < -0.3 is 9.47 Å². The van der Waals surface area contributed by atoms with Crippen LogP contribution in [-0.2, 0) is 11.4 Å². The van der Waals surface area contributed by atoms with Crippen LogP contribution >= 0.6 is 23.4 Å². The van der Waals surface area contributed by atoms with Crippen LogP contribution in [0.2, 0.25) is 5.02 Å². The molecule has 7 heteroatoms. The van der Waals surface area contributed by atoms with Crippen molar-refractivity contribution in [2.45, 2.75) is 33.8 Å². The number of halogens is 1. The number of rotatable bonds is 8. The number of imide groups is 1. The van der Waals surface area contributed by atoms with E-state index in [0.29, 0.717) is 46.7 Å². The second-order valence-corrected chi connectivity index (χ2v) is 8.27. The first kappa shape index (κ1) is 22.2. The molecule has 1 aliphatic rings.